The first kappa shape index (κ1) is 9.64. The highest BCUT2D eigenvalue weighted by molar-refractivity contribution is 5.94. The number of carbonyl (C=O) groups excluding carboxylic acids is 1. The molecule has 0 N–H and O–H groups in total. The van der Waals surface area contributed by atoms with Crippen LogP contribution in [0, 0.1) is 6.92 Å². The van der Waals surface area contributed by atoms with Crippen molar-refractivity contribution in [2.75, 3.05) is 6.61 Å². The molecule has 0 saturated carbocycles. The van der Waals surface area contributed by atoms with E-state index >= 15 is 0 Å². The Balaban J connectivity index is 2.52. The fourth-order valence-electron chi connectivity index (χ4n) is 1.34. The molecule has 0 amide bonds. The van der Waals surface area contributed by atoms with Crippen LogP contribution in [0.5, 0.6) is 0 Å². The summed E-state index contributed by atoms with van der Waals surface area (Å²) in [6, 6.07) is 3.75. The summed E-state index contributed by atoms with van der Waals surface area (Å²) in [6.07, 6.45) is 1.76. The third kappa shape index (κ3) is 1.68. The number of pyridine rings is 1. The molecule has 2 rings (SSSR count). The van der Waals surface area contributed by atoms with Gasteiger partial charge in [0.15, 0.2) is 5.69 Å². The summed E-state index contributed by atoms with van der Waals surface area (Å²) in [7, 11) is 0. The van der Waals surface area contributed by atoms with Gasteiger partial charge < -0.3 is 4.74 Å². The maximum Gasteiger partial charge on any atom is 0.361 e. The van der Waals surface area contributed by atoms with Crippen LogP contribution < -0.4 is 0 Å². The number of fused-ring (bicyclic) bond motifs is 1. The minimum Gasteiger partial charge on any atom is -0.461 e. The fourth-order valence-corrected chi connectivity index (χ4v) is 1.34. The van der Waals surface area contributed by atoms with Crippen molar-refractivity contribution in [2.24, 2.45) is 0 Å². The molecule has 0 atom stereocenters. The topological polar surface area (TPSA) is 56.5 Å². The van der Waals surface area contributed by atoms with Crippen LogP contribution in [-0.4, -0.2) is 27.4 Å². The van der Waals surface area contributed by atoms with Crippen molar-refractivity contribution in [3.05, 3.63) is 29.6 Å². The van der Waals surface area contributed by atoms with Crippen molar-refractivity contribution in [3.8, 4) is 0 Å². The second kappa shape index (κ2) is 3.68. The van der Waals surface area contributed by atoms with Crippen LogP contribution in [-0.2, 0) is 4.74 Å². The molecule has 0 aromatic carbocycles. The smallest absolute Gasteiger partial charge is 0.361 e. The maximum absolute atomic E-state index is 11.5. The molecule has 78 valence electrons. The molecular weight excluding hydrogens is 194 g/mol. The summed E-state index contributed by atoms with van der Waals surface area (Å²) >= 11 is 0. The lowest BCUT2D eigenvalue weighted by Crippen LogP contribution is -2.05. The van der Waals surface area contributed by atoms with Gasteiger partial charge in [0.1, 0.15) is 5.52 Å². The number of nitrogens with zero attached hydrogens (tertiary/aromatic N) is 3. The van der Waals surface area contributed by atoms with Gasteiger partial charge in [0, 0.05) is 6.20 Å². The van der Waals surface area contributed by atoms with Gasteiger partial charge in [-0.1, -0.05) is 5.21 Å². The van der Waals surface area contributed by atoms with E-state index in [0.717, 1.165) is 5.56 Å². The minimum absolute atomic E-state index is 0.264. The van der Waals surface area contributed by atoms with E-state index in [0.29, 0.717) is 12.1 Å². The van der Waals surface area contributed by atoms with Gasteiger partial charge in [0.2, 0.25) is 0 Å². The zero-order chi connectivity index (χ0) is 10.8. The lowest BCUT2D eigenvalue weighted by Gasteiger charge is -1.98. The summed E-state index contributed by atoms with van der Waals surface area (Å²) < 4.78 is 6.43. The Labute approximate surface area is 86.7 Å². The third-order valence-electron chi connectivity index (χ3n) is 2.04. The molecule has 0 saturated heterocycles. The highest BCUT2D eigenvalue weighted by atomic mass is 16.5. The van der Waals surface area contributed by atoms with Crippen LogP contribution in [0.3, 0.4) is 0 Å². The summed E-state index contributed by atoms with van der Waals surface area (Å²) in [5.74, 6) is -0.432. The van der Waals surface area contributed by atoms with E-state index in [-0.39, 0.29) is 5.69 Å². The molecule has 0 unspecified atom stereocenters. The van der Waals surface area contributed by atoms with Crippen molar-refractivity contribution in [1.82, 2.24) is 14.8 Å². The molecule has 0 aliphatic carbocycles. The van der Waals surface area contributed by atoms with Gasteiger partial charge in [0.05, 0.1) is 6.61 Å². The monoisotopic (exact) mass is 205 g/mol. The molecule has 0 aliphatic rings. The number of esters is 1. The number of rotatable bonds is 2. The second-order valence-electron chi connectivity index (χ2n) is 3.19. The van der Waals surface area contributed by atoms with Crippen LogP contribution in [0.15, 0.2) is 18.3 Å². The Morgan fingerprint density at radius 2 is 2.40 bits per heavy atom. The molecule has 0 fully saturated rings. The van der Waals surface area contributed by atoms with Gasteiger partial charge in [-0.3, -0.25) is 0 Å². The molecule has 0 radical (unpaired) electrons. The standard InChI is InChI=1S/C10H11N3O2/c1-3-15-10(14)9-8-6-7(2)4-5-13(8)12-11-9/h4-6H,3H2,1-2H3. The first-order valence-corrected chi connectivity index (χ1v) is 4.71. The Morgan fingerprint density at radius 3 is 3.13 bits per heavy atom. The summed E-state index contributed by atoms with van der Waals surface area (Å²) in [5.41, 5.74) is 1.99. The van der Waals surface area contributed by atoms with Gasteiger partial charge in [0.25, 0.3) is 0 Å². The molecule has 2 aromatic heterocycles. The predicted molar refractivity (Wildman–Crippen MR) is 53.7 cm³/mol. The third-order valence-corrected chi connectivity index (χ3v) is 2.04. The van der Waals surface area contributed by atoms with Crippen molar-refractivity contribution >= 4 is 11.5 Å². The number of aromatic nitrogens is 3. The normalized spacial score (nSPS) is 10.5. The van der Waals surface area contributed by atoms with Crippen molar-refractivity contribution in [3.63, 3.8) is 0 Å². The van der Waals surface area contributed by atoms with Crippen molar-refractivity contribution < 1.29 is 9.53 Å². The van der Waals surface area contributed by atoms with E-state index in [1.165, 1.54) is 0 Å². The van der Waals surface area contributed by atoms with Gasteiger partial charge in [-0.15, -0.1) is 5.10 Å². The number of hydrogen-bond donors (Lipinski definition) is 0. The first-order valence-electron chi connectivity index (χ1n) is 4.71. The van der Waals surface area contributed by atoms with E-state index in [1.807, 2.05) is 19.1 Å². The first-order chi connectivity index (χ1) is 7.22. The van der Waals surface area contributed by atoms with Gasteiger partial charge >= 0.3 is 5.97 Å². The van der Waals surface area contributed by atoms with E-state index in [4.69, 9.17) is 4.74 Å². The van der Waals surface area contributed by atoms with Crippen molar-refractivity contribution in [1.29, 1.82) is 0 Å². The summed E-state index contributed by atoms with van der Waals surface area (Å²) in [4.78, 5) is 11.5. The van der Waals surface area contributed by atoms with Crippen LogP contribution in [0.25, 0.3) is 5.52 Å². The molecule has 5 heteroatoms. The van der Waals surface area contributed by atoms with Crippen LogP contribution in [0.1, 0.15) is 23.0 Å². The lowest BCUT2D eigenvalue weighted by molar-refractivity contribution is 0.0521. The highest BCUT2D eigenvalue weighted by Crippen LogP contribution is 2.10. The molecule has 2 heterocycles. The quantitative estimate of drug-likeness (QED) is 0.691. The maximum atomic E-state index is 11.5. The lowest BCUT2D eigenvalue weighted by atomic mass is 10.2. The predicted octanol–water partition coefficient (Wildman–Crippen LogP) is 1.21. The van der Waals surface area contributed by atoms with Crippen LogP contribution in [0.4, 0.5) is 0 Å². The molecule has 15 heavy (non-hydrogen) atoms. The van der Waals surface area contributed by atoms with Crippen LogP contribution in [0.2, 0.25) is 0 Å². The van der Waals surface area contributed by atoms with Gasteiger partial charge in [-0.25, -0.2) is 9.31 Å². The zero-order valence-electron chi connectivity index (χ0n) is 8.60. The Hall–Kier alpha value is -1.91. The Morgan fingerprint density at radius 1 is 1.60 bits per heavy atom. The largest absolute Gasteiger partial charge is 0.461 e. The molecule has 0 bridgehead atoms. The number of carbonyl (C=O) groups is 1. The Kier molecular flexibility index (Phi) is 2.37. The fraction of sp³-hybridized carbons (Fsp3) is 0.300. The molecular formula is C10H11N3O2. The van der Waals surface area contributed by atoms with Crippen molar-refractivity contribution in [2.45, 2.75) is 13.8 Å². The van der Waals surface area contributed by atoms with Crippen LogP contribution >= 0.6 is 0 Å². The number of ether oxygens (including phenoxy) is 1. The van der Waals surface area contributed by atoms with E-state index in [9.17, 15) is 4.79 Å². The highest BCUT2D eigenvalue weighted by Gasteiger charge is 2.15. The van der Waals surface area contributed by atoms with E-state index in [1.54, 1.807) is 17.6 Å². The van der Waals surface area contributed by atoms with E-state index in [2.05, 4.69) is 10.3 Å². The van der Waals surface area contributed by atoms with Gasteiger partial charge in [-0.05, 0) is 31.5 Å². The average molecular weight is 205 g/mol. The van der Waals surface area contributed by atoms with Gasteiger partial charge in [-0.2, -0.15) is 0 Å². The number of aryl methyl sites for hydroxylation is 1. The second-order valence-corrected chi connectivity index (χ2v) is 3.19. The molecule has 0 spiro atoms. The average Bonchev–Trinajstić information content (AvgIpc) is 2.60. The number of hydrogen-bond acceptors (Lipinski definition) is 4. The minimum atomic E-state index is -0.432. The SMILES string of the molecule is CCOC(=O)c1nnn2ccc(C)cc12. The zero-order valence-corrected chi connectivity index (χ0v) is 8.60. The molecule has 2 aromatic rings. The Bertz CT molecular complexity index is 504. The summed E-state index contributed by atoms with van der Waals surface area (Å²) in [6.45, 7) is 4.04. The molecule has 0 aliphatic heterocycles. The molecule has 5 nitrogen and oxygen atoms in total. The van der Waals surface area contributed by atoms with E-state index < -0.39 is 5.97 Å². The summed E-state index contributed by atoms with van der Waals surface area (Å²) in [5, 5.41) is 7.62.